The third-order valence-electron chi connectivity index (χ3n) is 2.15. The summed E-state index contributed by atoms with van der Waals surface area (Å²) in [5.41, 5.74) is 0. The number of rotatable bonds is 7. The monoisotopic (exact) mass is 259 g/mol. The predicted molar refractivity (Wildman–Crippen MR) is 76.1 cm³/mol. The SMILES string of the molecule is C#CCC(O)/C=C/C=C/C#CCCCCC(=O)[O+]=C. The molecule has 1 N–H and O–H groups in total. The Labute approximate surface area is 114 Å². The van der Waals surface area contributed by atoms with E-state index in [0.717, 1.165) is 19.3 Å². The molecule has 0 rings (SSSR count). The molecule has 100 valence electrons. The van der Waals surface area contributed by atoms with Crippen LogP contribution in [0, 0.1) is 24.2 Å². The molecular formula is C16H19O3+. The van der Waals surface area contributed by atoms with Gasteiger partial charge in [0.2, 0.25) is 0 Å². The maximum atomic E-state index is 10.7. The molecule has 3 heteroatoms. The van der Waals surface area contributed by atoms with Crippen LogP contribution in [0.1, 0.15) is 32.1 Å². The van der Waals surface area contributed by atoms with Gasteiger partial charge in [-0.25, -0.2) is 0 Å². The quantitative estimate of drug-likeness (QED) is 0.329. The van der Waals surface area contributed by atoms with Crippen LogP contribution in [0.25, 0.3) is 0 Å². The summed E-state index contributed by atoms with van der Waals surface area (Å²) >= 11 is 0. The van der Waals surface area contributed by atoms with E-state index < -0.39 is 6.10 Å². The van der Waals surface area contributed by atoms with Crippen molar-refractivity contribution in [1.29, 1.82) is 0 Å². The normalized spacial score (nSPS) is 11.8. The molecule has 0 aliphatic rings. The summed E-state index contributed by atoms with van der Waals surface area (Å²) in [4.78, 5) is 10.7. The van der Waals surface area contributed by atoms with Crippen LogP contribution in [0.15, 0.2) is 24.3 Å². The number of allylic oxidation sites excluding steroid dienone is 3. The zero-order valence-corrected chi connectivity index (χ0v) is 11.0. The second kappa shape index (κ2) is 12.4. The fraction of sp³-hybridized carbons (Fsp3) is 0.375. The molecule has 0 saturated carbocycles. The van der Waals surface area contributed by atoms with Gasteiger partial charge in [0.1, 0.15) is 6.42 Å². The van der Waals surface area contributed by atoms with E-state index in [4.69, 9.17) is 6.42 Å². The van der Waals surface area contributed by atoms with Crippen molar-refractivity contribution in [2.45, 2.75) is 38.2 Å². The summed E-state index contributed by atoms with van der Waals surface area (Å²) in [6.07, 6.45) is 14.3. The number of unbranched alkanes of at least 4 members (excludes halogenated alkanes) is 2. The Morgan fingerprint density at radius 2 is 2.21 bits per heavy atom. The standard InChI is InChI=1S/C16H19O3/c1-3-12-15(17)13-10-8-6-4-5-7-9-11-14-16(18)19-2/h1,6,8,10,13,15,17H,2,7,9,11-12,14H2/q+1/b8-6+,13-10+. The Morgan fingerprint density at radius 1 is 1.42 bits per heavy atom. The molecule has 0 aliphatic carbocycles. The van der Waals surface area contributed by atoms with E-state index in [-0.39, 0.29) is 5.97 Å². The minimum atomic E-state index is -0.601. The van der Waals surface area contributed by atoms with Gasteiger partial charge in [-0.3, -0.25) is 4.42 Å². The largest absolute Gasteiger partial charge is 0.579 e. The predicted octanol–water partition coefficient (Wildman–Crippen LogP) is 1.94. The maximum absolute atomic E-state index is 10.7. The number of aliphatic hydroxyl groups is 1. The topological polar surface area (TPSA) is 48.6 Å². The van der Waals surface area contributed by atoms with E-state index in [1.807, 2.05) is 0 Å². The van der Waals surface area contributed by atoms with Gasteiger partial charge in [-0.2, -0.15) is 0 Å². The molecule has 3 nitrogen and oxygen atoms in total. The Morgan fingerprint density at radius 3 is 2.89 bits per heavy atom. The highest BCUT2D eigenvalue weighted by atomic mass is 16.4. The van der Waals surface area contributed by atoms with Gasteiger partial charge in [0.15, 0.2) is 6.79 Å². The van der Waals surface area contributed by atoms with Crippen molar-refractivity contribution in [3.8, 4) is 24.2 Å². The number of hydrogen-bond donors (Lipinski definition) is 1. The van der Waals surface area contributed by atoms with Gasteiger partial charge >= 0.3 is 5.97 Å². The van der Waals surface area contributed by atoms with Crippen molar-refractivity contribution < 1.29 is 14.3 Å². The molecule has 19 heavy (non-hydrogen) atoms. The molecule has 0 aliphatic heterocycles. The van der Waals surface area contributed by atoms with Crippen molar-refractivity contribution in [2.75, 3.05) is 0 Å². The minimum Gasteiger partial charge on any atom is -0.388 e. The minimum absolute atomic E-state index is 0.288. The van der Waals surface area contributed by atoms with E-state index in [0.29, 0.717) is 12.8 Å². The average molecular weight is 259 g/mol. The van der Waals surface area contributed by atoms with E-state index in [9.17, 15) is 9.90 Å². The lowest BCUT2D eigenvalue weighted by atomic mass is 10.2. The third-order valence-corrected chi connectivity index (χ3v) is 2.15. The molecule has 0 fully saturated rings. The van der Waals surface area contributed by atoms with E-state index in [1.165, 1.54) is 0 Å². The molecule has 1 atom stereocenters. The van der Waals surface area contributed by atoms with Crippen LogP contribution in [-0.2, 0) is 9.22 Å². The first kappa shape index (κ1) is 16.9. The molecule has 0 radical (unpaired) electrons. The summed E-state index contributed by atoms with van der Waals surface area (Å²) in [7, 11) is 0. The van der Waals surface area contributed by atoms with Gasteiger partial charge in [0.05, 0.1) is 6.10 Å². The van der Waals surface area contributed by atoms with Crippen molar-refractivity contribution >= 4 is 12.8 Å². The Bertz CT molecular complexity index is 427. The molecule has 0 spiro atoms. The summed E-state index contributed by atoms with van der Waals surface area (Å²) in [6, 6.07) is 0. The van der Waals surface area contributed by atoms with E-state index in [1.54, 1.807) is 24.3 Å². The highest BCUT2D eigenvalue weighted by Crippen LogP contribution is 1.98. The zero-order chi connectivity index (χ0) is 14.3. The lowest BCUT2D eigenvalue weighted by molar-refractivity contribution is -0.369. The molecule has 0 saturated heterocycles. The lowest BCUT2D eigenvalue weighted by Gasteiger charge is -1.95. The van der Waals surface area contributed by atoms with Crippen LogP contribution < -0.4 is 0 Å². The molecular weight excluding hydrogens is 240 g/mol. The fourth-order valence-electron chi connectivity index (χ4n) is 1.17. The Hall–Kier alpha value is -2.10. The number of terminal acetylenes is 1. The van der Waals surface area contributed by atoms with Crippen LogP contribution in [0.5, 0.6) is 0 Å². The van der Waals surface area contributed by atoms with Crippen molar-refractivity contribution in [2.24, 2.45) is 0 Å². The fourth-order valence-corrected chi connectivity index (χ4v) is 1.17. The molecule has 0 amide bonds. The molecule has 0 aromatic carbocycles. The summed E-state index contributed by atoms with van der Waals surface area (Å²) in [5, 5.41) is 9.27. The van der Waals surface area contributed by atoms with Gasteiger partial charge < -0.3 is 5.11 Å². The lowest BCUT2D eigenvalue weighted by Crippen LogP contribution is -1.98. The maximum Gasteiger partial charge on any atom is 0.579 e. The molecule has 1 unspecified atom stereocenters. The number of hydrogen-bond acceptors (Lipinski definition) is 2. The first-order chi connectivity index (χ1) is 9.20. The molecule has 0 aromatic rings. The summed E-state index contributed by atoms with van der Waals surface area (Å²) in [6.45, 7) is 3.04. The highest BCUT2D eigenvalue weighted by molar-refractivity contribution is 5.66. The zero-order valence-electron chi connectivity index (χ0n) is 11.0. The van der Waals surface area contributed by atoms with Crippen molar-refractivity contribution in [3.05, 3.63) is 24.3 Å². The number of carbonyl (C=O) groups is 1. The summed E-state index contributed by atoms with van der Waals surface area (Å²) < 4.78 is 4.28. The third kappa shape index (κ3) is 12.2. The van der Waals surface area contributed by atoms with Crippen LogP contribution in [0.4, 0.5) is 0 Å². The van der Waals surface area contributed by atoms with Gasteiger partial charge in [0, 0.05) is 17.6 Å². The Balaban J connectivity index is 3.67. The molecule has 0 heterocycles. The second-order valence-corrected chi connectivity index (χ2v) is 3.76. The first-order valence-corrected chi connectivity index (χ1v) is 6.08. The molecule has 0 aromatic heterocycles. The average Bonchev–Trinajstić information content (AvgIpc) is 2.40. The molecule has 0 bridgehead atoms. The van der Waals surface area contributed by atoms with Crippen molar-refractivity contribution in [1.82, 2.24) is 0 Å². The Kier molecular flexibility index (Phi) is 11.0. The van der Waals surface area contributed by atoms with Crippen molar-refractivity contribution in [3.63, 3.8) is 0 Å². The van der Waals surface area contributed by atoms with E-state index >= 15 is 0 Å². The van der Waals surface area contributed by atoms with Crippen LogP contribution in [0.2, 0.25) is 0 Å². The van der Waals surface area contributed by atoms with Gasteiger partial charge in [0.25, 0.3) is 0 Å². The first-order valence-electron chi connectivity index (χ1n) is 6.08. The van der Waals surface area contributed by atoms with Crippen LogP contribution in [0.3, 0.4) is 0 Å². The summed E-state index contributed by atoms with van der Waals surface area (Å²) in [5.74, 6) is 7.90. The van der Waals surface area contributed by atoms with Gasteiger partial charge in [-0.1, -0.05) is 30.1 Å². The smallest absolute Gasteiger partial charge is 0.388 e. The van der Waals surface area contributed by atoms with Crippen LogP contribution in [-0.4, -0.2) is 24.0 Å². The van der Waals surface area contributed by atoms with E-state index in [2.05, 4.69) is 29.0 Å². The van der Waals surface area contributed by atoms with Gasteiger partial charge in [-0.05, 0) is 18.9 Å². The number of aliphatic hydroxyl groups excluding tert-OH is 1. The second-order valence-electron chi connectivity index (χ2n) is 3.76. The number of carbonyl (C=O) groups excluding carboxylic acids is 2. The van der Waals surface area contributed by atoms with Crippen LogP contribution >= 0.6 is 0 Å². The van der Waals surface area contributed by atoms with Gasteiger partial charge in [-0.15, -0.1) is 12.3 Å². The highest BCUT2D eigenvalue weighted by Gasteiger charge is 2.09.